The molecule has 208 valence electrons. The molecule has 1 aliphatic heterocycles. The number of benzene rings is 2. The molecule has 2 aromatic carbocycles. The number of nitrogens with one attached hydrogen (secondary N) is 2. The number of amides is 2. The molecular weight excluding hydrogens is 476 g/mol. The van der Waals surface area contributed by atoms with Gasteiger partial charge in [-0.1, -0.05) is 62.4 Å². The van der Waals surface area contributed by atoms with Crippen LogP contribution in [-0.2, 0) is 6.42 Å². The Morgan fingerprint density at radius 1 is 1.11 bits per heavy atom. The third kappa shape index (κ3) is 8.72. The van der Waals surface area contributed by atoms with Crippen LogP contribution < -0.4 is 15.4 Å². The lowest BCUT2D eigenvalue weighted by molar-refractivity contribution is 0.136. The molecule has 2 aromatic rings. The number of aliphatic hydroxyl groups is 1. The van der Waals surface area contributed by atoms with Gasteiger partial charge in [-0.2, -0.15) is 0 Å². The van der Waals surface area contributed by atoms with E-state index in [1.54, 1.807) is 7.11 Å². The van der Waals surface area contributed by atoms with E-state index in [2.05, 4.69) is 39.6 Å². The number of urea groups is 1. The number of carbonyl (C=O) groups is 1. The normalized spacial score (nSPS) is 21.4. The fourth-order valence-corrected chi connectivity index (χ4v) is 6.10. The molecule has 3 N–H and O–H groups in total. The first kappa shape index (κ1) is 28.4. The lowest BCUT2D eigenvalue weighted by Crippen LogP contribution is -2.48. The lowest BCUT2D eigenvalue weighted by Gasteiger charge is -2.36. The lowest BCUT2D eigenvalue weighted by atomic mass is 9.84. The third-order valence-electron chi connectivity index (χ3n) is 8.33. The first-order valence-electron chi connectivity index (χ1n) is 14.4. The van der Waals surface area contributed by atoms with Crippen molar-refractivity contribution in [1.29, 1.82) is 0 Å². The van der Waals surface area contributed by atoms with Gasteiger partial charge in [-0.15, -0.1) is 0 Å². The van der Waals surface area contributed by atoms with E-state index >= 15 is 0 Å². The number of carbonyl (C=O) groups excluding carboxylic acids is 1. The number of methoxy groups -OCH3 is 1. The molecule has 1 saturated heterocycles. The van der Waals surface area contributed by atoms with Crippen molar-refractivity contribution < 1.29 is 14.6 Å². The second-order valence-electron chi connectivity index (χ2n) is 11.2. The smallest absolute Gasteiger partial charge is 0.319 e. The monoisotopic (exact) mass is 522 g/mol. The number of anilines is 1. The number of para-hydroxylation sites is 1. The molecule has 7 heteroatoms. The molecule has 2 amide bonds. The molecule has 7 nitrogen and oxygen atoms in total. The third-order valence-corrected chi connectivity index (χ3v) is 8.33. The first-order chi connectivity index (χ1) is 18.5. The Balaban J connectivity index is 1.34. The fourth-order valence-electron chi connectivity index (χ4n) is 6.10. The molecule has 1 aliphatic carbocycles. The average molecular weight is 523 g/mol. The highest BCUT2D eigenvalue weighted by atomic mass is 16.5. The Morgan fingerprint density at radius 2 is 1.84 bits per heavy atom. The summed E-state index contributed by atoms with van der Waals surface area (Å²) < 4.78 is 5.28. The number of ether oxygens (including phenoxy) is 1. The van der Waals surface area contributed by atoms with Crippen LogP contribution >= 0.6 is 0 Å². The van der Waals surface area contributed by atoms with Crippen LogP contribution in [0.1, 0.15) is 50.5 Å². The predicted molar refractivity (Wildman–Crippen MR) is 154 cm³/mol. The standard InChI is InChI=1S/C31H46N4O3/c1-34(22-28-20-29(36)23-35(28)18-17-24-13-15-30(38-2)16-14-24)27(19-25-9-5-3-6-10-25)21-32-31(37)33-26-11-7-4-8-12-26/h4,7-8,11-16,25,27-29,36H,3,5-6,9-10,17-23H2,1-2H3,(H2,32,33,37)/t27-,28-,29+/m1/s1. The van der Waals surface area contributed by atoms with Gasteiger partial charge in [-0.05, 0) is 62.1 Å². The topological polar surface area (TPSA) is 77.1 Å². The SMILES string of the molecule is COc1ccc(CCN2C[C@@H](O)C[C@@H]2CN(C)[C@@H](CNC(=O)Nc2ccccc2)CC2CCCCC2)cc1. The molecule has 3 atom stereocenters. The van der Waals surface area contributed by atoms with Crippen molar-refractivity contribution in [2.45, 2.75) is 69.6 Å². The number of likely N-dealkylation sites (tertiary alicyclic amines) is 1. The minimum Gasteiger partial charge on any atom is -0.497 e. The van der Waals surface area contributed by atoms with E-state index in [4.69, 9.17) is 4.74 Å². The van der Waals surface area contributed by atoms with Gasteiger partial charge in [-0.3, -0.25) is 4.90 Å². The van der Waals surface area contributed by atoms with Crippen LogP contribution in [0.4, 0.5) is 10.5 Å². The molecule has 1 heterocycles. The van der Waals surface area contributed by atoms with Crippen molar-refractivity contribution in [3.05, 3.63) is 60.2 Å². The van der Waals surface area contributed by atoms with Gasteiger partial charge in [0.05, 0.1) is 13.2 Å². The number of likely N-dealkylation sites (N-methyl/N-ethyl adjacent to an activating group) is 1. The van der Waals surface area contributed by atoms with Gasteiger partial charge in [0, 0.05) is 44.0 Å². The molecule has 1 saturated carbocycles. The number of hydrogen-bond acceptors (Lipinski definition) is 5. The van der Waals surface area contributed by atoms with Gasteiger partial charge in [0.15, 0.2) is 0 Å². The average Bonchev–Trinajstić information content (AvgIpc) is 3.29. The molecule has 38 heavy (non-hydrogen) atoms. The van der Waals surface area contributed by atoms with E-state index in [0.29, 0.717) is 12.6 Å². The van der Waals surface area contributed by atoms with Crippen LogP contribution in [0.15, 0.2) is 54.6 Å². The molecule has 0 bridgehead atoms. The van der Waals surface area contributed by atoms with E-state index < -0.39 is 0 Å². The highest BCUT2D eigenvalue weighted by molar-refractivity contribution is 5.89. The highest BCUT2D eigenvalue weighted by Gasteiger charge is 2.33. The first-order valence-corrected chi connectivity index (χ1v) is 14.4. The number of aliphatic hydroxyl groups excluding tert-OH is 1. The van der Waals surface area contributed by atoms with Crippen molar-refractivity contribution in [2.24, 2.45) is 5.92 Å². The maximum atomic E-state index is 12.6. The number of rotatable bonds is 12. The van der Waals surface area contributed by atoms with Gasteiger partial charge in [0.2, 0.25) is 0 Å². The van der Waals surface area contributed by atoms with E-state index in [1.807, 2.05) is 42.5 Å². The summed E-state index contributed by atoms with van der Waals surface area (Å²) in [6.07, 6.45) is 9.12. The van der Waals surface area contributed by atoms with Crippen molar-refractivity contribution in [3.63, 3.8) is 0 Å². The summed E-state index contributed by atoms with van der Waals surface area (Å²) in [6, 6.07) is 18.3. The van der Waals surface area contributed by atoms with Crippen LogP contribution in [0.25, 0.3) is 0 Å². The largest absolute Gasteiger partial charge is 0.497 e. The van der Waals surface area contributed by atoms with Crippen molar-refractivity contribution in [2.75, 3.05) is 45.7 Å². The van der Waals surface area contributed by atoms with Gasteiger partial charge < -0.3 is 25.4 Å². The van der Waals surface area contributed by atoms with E-state index in [-0.39, 0.29) is 18.2 Å². The van der Waals surface area contributed by atoms with Crippen LogP contribution in [0.5, 0.6) is 5.75 Å². The summed E-state index contributed by atoms with van der Waals surface area (Å²) in [5.41, 5.74) is 2.08. The van der Waals surface area contributed by atoms with Crippen LogP contribution in [0.2, 0.25) is 0 Å². The highest BCUT2D eigenvalue weighted by Crippen LogP contribution is 2.29. The minimum absolute atomic E-state index is 0.157. The minimum atomic E-state index is -0.282. The van der Waals surface area contributed by atoms with Gasteiger partial charge in [0.1, 0.15) is 5.75 Å². The molecule has 4 rings (SSSR count). The summed E-state index contributed by atoms with van der Waals surface area (Å²) >= 11 is 0. The van der Waals surface area contributed by atoms with E-state index in [0.717, 1.165) is 56.3 Å². The predicted octanol–water partition coefficient (Wildman–Crippen LogP) is 4.77. The molecule has 0 aromatic heterocycles. The van der Waals surface area contributed by atoms with E-state index in [9.17, 15) is 9.90 Å². The van der Waals surface area contributed by atoms with Crippen LogP contribution in [-0.4, -0.2) is 79.5 Å². The molecule has 0 unspecified atom stereocenters. The maximum absolute atomic E-state index is 12.6. The number of nitrogens with zero attached hydrogens (tertiary/aromatic N) is 2. The summed E-state index contributed by atoms with van der Waals surface area (Å²) in [4.78, 5) is 17.5. The molecular formula is C31H46N4O3. The quantitative estimate of drug-likeness (QED) is 0.375. The molecule has 0 radical (unpaired) electrons. The Morgan fingerprint density at radius 3 is 2.55 bits per heavy atom. The van der Waals surface area contributed by atoms with E-state index in [1.165, 1.54) is 37.7 Å². The Bertz CT molecular complexity index is 965. The molecule has 2 aliphatic rings. The van der Waals surface area contributed by atoms with Crippen molar-refractivity contribution >= 4 is 11.7 Å². The van der Waals surface area contributed by atoms with Gasteiger partial charge in [-0.25, -0.2) is 4.79 Å². The van der Waals surface area contributed by atoms with Crippen molar-refractivity contribution in [1.82, 2.24) is 15.1 Å². The maximum Gasteiger partial charge on any atom is 0.319 e. The number of hydrogen-bond donors (Lipinski definition) is 3. The fraction of sp³-hybridized carbons (Fsp3) is 0.581. The Kier molecular flexibility index (Phi) is 10.9. The number of β-amino-alcohol motifs (C(OH)–C–C–N with tert-alkyl or cyclic N) is 1. The zero-order chi connectivity index (χ0) is 26.7. The molecule has 0 spiro atoms. The van der Waals surface area contributed by atoms with Gasteiger partial charge in [0.25, 0.3) is 0 Å². The van der Waals surface area contributed by atoms with Crippen LogP contribution in [0, 0.1) is 5.92 Å². The zero-order valence-electron chi connectivity index (χ0n) is 23.1. The Hall–Kier alpha value is -2.61. The second kappa shape index (κ2) is 14.5. The van der Waals surface area contributed by atoms with Crippen LogP contribution in [0.3, 0.4) is 0 Å². The zero-order valence-corrected chi connectivity index (χ0v) is 23.1. The van der Waals surface area contributed by atoms with Gasteiger partial charge >= 0.3 is 6.03 Å². The summed E-state index contributed by atoms with van der Waals surface area (Å²) in [5.74, 6) is 1.59. The second-order valence-corrected chi connectivity index (χ2v) is 11.2. The summed E-state index contributed by atoms with van der Waals surface area (Å²) in [6.45, 7) is 3.15. The summed E-state index contributed by atoms with van der Waals surface area (Å²) in [7, 11) is 3.88. The summed E-state index contributed by atoms with van der Waals surface area (Å²) in [5, 5.41) is 16.6. The molecule has 2 fully saturated rings. The Labute approximate surface area is 228 Å². The van der Waals surface area contributed by atoms with Crippen molar-refractivity contribution in [3.8, 4) is 5.75 Å².